The molecule has 1 fully saturated rings. The van der Waals surface area contributed by atoms with Crippen molar-refractivity contribution in [2.45, 2.75) is 38.6 Å². The van der Waals surface area contributed by atoms with E-state index in [1.807, 2.05) is 0 Å². The van der Waals surface area contributed by atoms with E-state index in [1.165, 1.54) is 38.2 Å². The molecule has 1 saturated carbocycles. The molecule has 0 radical (unpaired) electrons. The molecule has 0 bridgehead atoms. The van der Waals surface area contributed by atoms with Crippen LogP contribution < -0.4 is 5.32 Å². The number of likely N-dealkylation sites (N-methyl/N-ethyl adjacent to an activating group) is 1. The van der Waals surface area contributed by atoms with Gasteiger partial charge >= 0.3 is 0 Å². The molecule has 5 heteroatoms. The Morgan fingerprint density at radius 3 is 2.77 bits per heavy atom. The smallest absolute Gasteiger partial charge is 0.234 e. The van der Waals surface area contributed by atoms with Gasteiger partial charge in [-0.05, 0) is 37.9 Å². The minimum absolute atomic E-state index is 0.0134. The number of halogens is 2. The second-order valence-corrected chi connectivity index (χ2v) is 6.59. The highest BCUT2D eigenvalue weighted by atomic mass is 35.5. The lowest BCUT2D eigenvalue weighted by Crippen LogP contribution is -2.37. The molecule has 0 aliphatic heterocycles. The van der Waals surface area contributed by atoms with Gasteiger partial charge in [0.05, 0.1) is 6.54 Å². The number of nitrogens with one attached hydrogen (secondary N) is 1. The summed E-state index contributed by atoms with van der Waals surface area (Å²) in [4.78, 5) is 13.8. The lowest BCUT2D eigenvalue weighted by molar-refractivity contribution is -0.122. The SMILES string of the molecule is CN(CC(=O)NCC1CCCCC1)Cc1c(F)cccc1Cl. The van der Waals surface area contributed by atoms with E-state index in [1.54, 1.807) is 24.1 Å². The number of amides is 1. The number of benzene rings is 1. The maximum atomic E-state index is 13.7. The minimum atomic E-state index is -0.332. The average Bonchev–Trinajstić information content (AvgIpc) is 2.50. The Morgan fingerprint density at radius 1 is 1.36 bits per heavy atom. The largest absolute Gasteiger partial charge is 0.355 e. The molecular formula is C17H24ClFN2O. The van der Waals surface area contributed by atoms with Crippen LogP contribution in [0.2, 0.25) is 5.02 Å². The van der Waals surface area contributed by atoms with Crippen molar-refractivity contribution < 1.29 is 9.18 Å². The second kappa shape index (κ2) is 8.49. The standard InChI is InChI=1S/C17H24ClFN2O/c1-21(11-14-15(18)8-5-9-16(14)19)12-17(22)20-10-13-6-3-2-4-7-13/h5,8-9,13H,2-4,6-7,10-12H2,1H3,(H,20,22). The zero-order valence-corrected chi connectivity index (χ0v) is 13.8. The van der Waals surface area contributed by atoms with E-state index >= 15 is 0 Å². The topological polar surface area (TPSA) is 32.3 Å². The maximum Gasteiger partial charge on any atom is 0.234 e. The van der Waals surface area contributed by atoms with E-state index in [2.05, 4.69) is 5.32 Å². The van der Waals surface area contributed by atoms with Gasteiger partial charge in [0.1, 0.15) is 5.82 Å². The summed E-state index contributed by atoms with van der Waals surface area (Å²) in [6.45, 7) is 1.33. The van der Waals surface area contributed by atoms with Gasteiger partial charge in [0.15, 0.2) is 0 Å². The van der Waals surface area contributed by atoms with Crippen LogP contribution in [0.5, 0.6) is 0 Å². The zero-order chi connectivity index (χ0) is 15.9. The van der Waals surface area contributed by atoms with Gasteiger partial charge in [-0.25, -0.2) is 4.39 Å². The number of carbonyl (C=O) groups is 1. The molecular weight excluding hydrogens is 303 g/mol. The third-order valence-electron chi connectivity index (χ3n) is 4.22. The van der Waals surface area contributed by atoms with E-state index < -0.39 is 0 Å². The molecule has 22 heavy (non-hydrogen) atoms. The molecule has 0 atom stereocenters. The van der Waals surface area contributed by atoms with E-state index in [0.29, 0.717) is 23.0 Å². The van der Waals surface area contributed by atoms with Crippen molar-refractivity contribution in [3.63, 3.8) is 0 Å². The summed E-state index contributed by atoms with van der Waals surface area (Å²) >= 11 is 6.01. The molecule has 122 valence electrons. The highest BCUT2D eigenvalue weighted by Gasteiger charge is 2.16. The van der Waals surface area contributed by atoms with Gasteiger partial charge in [-0.3, -0.25) is 9.69 Å². The Bertz CT molecular complexity index is 483. The van der Waals surface area contributed by atoms with Crippen LogP contribution in [0.3, 0.4) is 0 Å². The van der Waals surface area contributed by atoms with Gasteiger partial charge in [-0.2, -0.15) is 0 Å². The van der Waals surface area contributed by atoms with Crippen molar-refractivity contribution in [2.75, 3.05) is 20.1 Å². The molecule has 1 aromatic carbocycles. The Labute approximate surface area is 136 Å². The zero-order valence-electron chi connectivity index (χ0n) is 13.1. The Hall–Kier alpha value is -1.13. The predicted molar refractivity (Wildman–Crippen MR) is 87.3 cm³/mol. The van der Waals surface area contributed by atoms with Gasteiger partial charge < -0.3 is 5.32 Å². The van der Waals surface area contributed by atoms with Crippen molar-refractivity contribution in [3.05, 3.63) is 34.6 Å². The third kappa shape index (κ3) is 5.25. The van der Waals surface area contributed by atoms with Gasteiger partial charge in [0.2, 0.25) is 5.91 Å². The van der Waals surface area contributed by atoms with Crippen LogP contribution in [-0.2, 0) is 11.3 Å². The molecule has 1 aliphatic rings. The number of hydrogen-bond donors (Lipinski definition) is 1. The molecule has 0 aromatic heterocycles. The van der Waals surface area contributed by atoms with Gasteiger partial charge in [0, 0.05) is 23.7 Å². The number of nitrogens with zero attached hydrogens (tertiary/aromatic N) is 1. The van der Waals surface area contributed by atoms with Crippen molar-refractivity contribution in [2.24, 2.45) is 5.92 Å². The van der Waals surface area contributed by atoms with Crippen LogP contribution in [0.15, 0.2) is 18.2 Å². The number of hydrogen-bond acceptors (Lipinski definition) is 2. The Kier molecular flexibility index (Phi) is 6.65. The van der Waals surface area contributed by atoms with Crippen LogP contribution >= 0.6 is 11.6 Å². The summed E-state index contributed by atoms with van der Waals surface area (Å²) < 4.78 is 13.7. The molecule has 1 aromatic rings. The molecule has 0 saturated heterocycles. The molecule has 0 unspecified atom stereocenters. The van der Waals surface area contributed by atoms with Crippen LogP contribution in [-0.4, -0.2) is 30.9 Å². The van der Waals surface area contributed by atoms with Crippen molar-refractivity contribution >= 4 is 17.5 Å². The van der Waals surface area contributed by atoms with Crippen molar-refractivity contribution in [1.82, 2.24) is 10.2 Å². The average molecular weight is 327 g/mol. The Morgan fingerprint density at radius 2 is 2.09 bits per heavy atom. The van der Waals surface area contributed by atoms with Crippen LogP contribution in [0.4, 0.5) is 4.39 Å². The third-order valence-corrected chi connectivity index (χ3v) is 4.57. The summed E-state index contributed by atoms with van der Waals surface area (Å²) in [6, 6.07) is 4.63. The normalized spacial score (nSPS) is 16.0. The number of carbonyl (C=O) groups excluding carboxylic acids is 1. The first kappa shape index (κ1) is 17.2. The lowest BCUT2D eigenvalue weighted by Gasteiger charge is -2.23. The van der Waals surface area contributed by atoms with E-state index in [4.69, 9.17) is 11.6 Å². The summed E-state index contributed by atoms with van der Waals surface area (Å²) in [5, 5.41) is 3.39. The van der Waals surface area contributed by atoms with Crippen LogP contribution in [0, 0.1) is 11.7 Å². The minimum Gasteiger partial charge on any atom is -0.355 e. The highest BCUT2D eigenvalue weighted by Crippen LogP contribution is 2.23. The molecule has 0 spiro atoms. The number of rotatable bonds is 6. The van der Waals surface area contributed by atoms with Gasteiger partial charge in [-0.1, -0.05) is 36.9 Å². The molecule has 1 N–H and O–H groups in total. The van der Waals surface area contributed by atoms with E-state index in [0.717, 1.165) is 6.54 Å². The summed E-state index contributed by atoms with van der Waals surface area (Å²) in [6.07, 6.45) is 6.27. The second-order valence-electron chi connectivity index (χ2n) is 6.18. The summed E-state index contributed by atoms with van der Waals surface area (Å²) in [7, 11) is 1.79. The van der Waals surface area contributed by atoms with Crippen LogP contribution in [0.25, 0.3) is 0 Å². The van der Waals surface area contributed by atoms with Gasteiger partial charge in [0.25, 0.3) is 0 Å². The lowest BCUT2D eigenvalue weighted by atomic mass is 9.89. The van der Waals surface area contributed by atoms with E-state index in [9.17, 15) is 9.18 Å². The molecule has 1 aliphatic carbocycles. The first-order chi connectivity index (χ1) is 10.6. The predicted octanol–water partition coefficient (Wildman–Crippen LogP) is 3.61. The fourth-order valence-corrected chi connectivity index (χ4v) is 3.18. The molecule has 0 heterocycles. The maximum absolute atomic E-state index is 13.7. The van der Waals surface area contributed by atoms with E-state index in [-0.39, 0.29) is 18.3 Å². The first-order valence-corrected chi connectivity index (χ1v) is 8.32. The van der Waals surface area contributed by atoms with Crippen LogP contribution in [0.1, 0.15) is 37.7 Å². The fraction of sp³-hybridized carbons (Fsp3) is 0.588. The summed E-state index contributed by atoms with van der Waals surface area (Å²) in [5.41, 5.74) is 0.437. The van der Waals surface area contributed by atoms with Gasteiger partial charge in [-0.15, -0.1) is 0 Å². The quantitative estimate of drug-likeness (QED) is 0.866. The Balaban J connectivity index is 1.76. The molecule has 3 nitrogen and oxygen atoms in total. The fourth-order valence-electron chi connectivity index (χ4n) is 2.96. The highest BCUT2D eigenvalue weighted by molar-refractivity contribution is 6.31. The molecule has 1 amide bonds. The first-order valence-electron chi connectivity index (χ1n) is 7.94. The molecule has 2 rings (SSSR count). The van der Waals surface area contributed by atoms with Crippen molar-refractivity contribution in [3.8, 4) is 0 Å². The van der Waals surface area contributed by atoms with Crippen molar-refractivity contribution in [1.29, 1.82) is 0 Å². The summed E-state index contributed by atoms with van der Waals surface area (Å²) in [5.74, 6) is 0.270. The monoisotopic (exact) mass is 326 g/mol.